The third kappa shape index (κ3) is 5.95. The number of ether oxygens (including phenoxy) is 2. The van der Waals surface area contributed by atoms with Crippen molar-refractivity contribution in [3.8, 4) is 5.75 Å². The number of nitrogens with zero attached hydrogens (tertiary/aromatic N) is 1. The normalized spacial score (nSPS) is 16.8. The van der Waals surface area contributed by atoms with Crippen LogP contribution in [0.4, 0.5) is 0 Å². The van der Waals surface area contributed by atoms with Gasteiger partial charge in [-0.1, -0.05) is 55.8 Å². The maximum Gasteiger partial charge on any atom is 0.119 e. The lowest BCUT2D eigenvalue weighted by molar-refractivity contribution is 0.0143. The van der Waals surface area contributed by atoms with Crippen LogP contribution in [0.1, 0.15) is 37.3 Å². The van der Waals surface area contributed by atoms with Crippen LogP contribution < -0.4 is 4.74 Å². The Labute approximate surface area is 174 Å². The molecule has 1 heterocycles. The van der Waals surface area contributed by atoms with E-state index in [1.165, 1.54) is 0 Å². The molecule has 1 atom stereocenters. The molecule has 4 nitrogen and oxygen atoms in total. The summed E-state index contributed by atoms with van der Waals surface area (Å²) in [6.07, 6.45) is 2.82. The molecular weight excluding hydrogens is 374 g/mol. The predicted molar refractivity (Wildman–Crippen MR) is 115 cm³/mol. The molecule has 1 N–H and O–H groups in total. The fraction of sp³-hybridized carbons (Fsp3) is 0.478. The summed E-state index contributed by atoms with van der Waals surface area (Å²) in [5.41, 5.74) is 0.823. The number of aliphatic hydroxyl groups is 1. The van der Waals surface area contributed by atoms with Gasteiger partial charge in [-0.25, -0.2) is 0 Å². The van der Waals surface area contributed by atoms with Crippen molar-refractivity contribution in [2.75, 3.05) is 39.5 Å². The van der Waals surface area contributed by atoms with E-state index in [4.69, 9.17) is 9.47 Å². The Morgan fingerprint density at radius 1 is 1.00 bits per heavy atom. The van der Waals surface area contributed by atoms with Gasteiger partial charge in [-0.15, -0.1) is 12.4 Å². The van der Waals surface area contributed by atoms with Crippen LogP contribution in [-0.2, 0) is 10.3 Å². The molecule has 154 valence electrons. The van der Waals surface area contributed by atoms with Crippen LogP contribution in [0.25, 0.3) is 0 Å². The quantitative estimate of drug-likeness (QED) is 0.633. The number of rotatable bonds is 9. The topological polar surface area (TPSA) is 41.9 Å². The van der Waals surface area contributed by atoms with E-state index in [1.54, 1.807) is 0 Å². The molecular formula is C23H32ClNO3. The van der Waals surface area contributed by atoms with Crippen LogP contribution in [0.5, 0.6) is 5.75 Å². The number of hydrogen-bond donors (Lipinski definition) is 1. The maximum absolute atomic E-state index is 11.7. The van der Waals surface area contributed by atoms with Crippen molar-refractivity contribution in [2.24, 2.45) is 0 Å². The van der Waals surface area contributed by atoms with Crippen molar-refractivity contribution in [2.45, 2.75) is 31.8 Å². The summed E-state index contributed by atoms with van der Waals surface area (Å²) in [5, 5.41) is 11.7. The number of benzene rings is 2. The molecule has 1 aliphatic heterocycles. The van der Waals surface area contributed by atoms with E-state index in [0.29, 0.717) is 6.42 Å². The van der Waals surface area contributed by atoms with E-state index >= 15 is 0 Å². The molecule has 0 amide bonds. The number of halogens is 1. The van der Waals surface area contributed by atoms with Gasteiger partial charge in [-0.3, -0.25) is 4.90 Å². The summed E-state index contributed by atoms with van der Waals surface area (Å²) in [6.45, 7) is 7.12. The summed E-state index contributed by atoms with van der Waals surface area (Å²) < 4.78 is 11.2. The van der Waals surface area contributed by atoms with Crippen LogP contribution in [0, 0.1) is 0 Å². The highest BCUT2D eigenvalue weighted by Crippen LogP contribution is 2.34. The molecule has 0 bridgehead atoms. The third-order valence-electron chi connectivity index (χ3n) is 5.24. The fourth-order valence-electron chi connectivity index (χ4n) is 3.48. The minimum absolute atomic E-state index is 0. The second-order valence-electron chi connectivity index (χ2n) is 7.16. The zero-order chi connectivity index (χ0) is 19.0. The number of unbranched alkanes of at least 4 members (excludes halogenated alkanes) is 1. The Morgan fingerprint density at radius 2 is 1.64 bits per heavy atom. The minimum atomic E-state index is -1.01. The Bertz CT molecular complexity index is 674. The van der Waals surface area contributed by atoms with Crippen LogP contribution >= 0.6 is 12.4 Å². The van der Waals surface area contributed by atoms with E-state index in [9.17, 15) is 5.11 Å². The number of morpholine rings is 1. The van der Waals surface area contributed by atoms with Gasteiger partial charge in [0.1, 0.15) is 11.4 Å². The van der Waals surface area contributed by atoms with Gasteiger partial charge in [-0.2, -0.15) is 0 Å². The smallest absolute Gasteiger partial charge is 0.119 e. The van der Waals surface area contributed by atoms with Crippen LogP contribution in [0.2, 0.25) is 0 Å². The van der Waals surface area contributed by atoms with Crippen molar-refractivity contribution < 1.29 is 14.6 Å². The summed E-state index contributed by atoms with van der Waals surface area (Å²) in [7, 11) is 0. The molecule has 3 rings (SSSR count). The highest BCUT2D eigenvalue weighted by atomic mass is 35.5. The summed E-state index contributed by atoms with van der Waals surface area (Å²) in [6, 6.07) is 17.9. The second kappa shape index (κ2) is 11.4. The zero-order valence-electron chi connectivity index (χ0n) is 16.7. The largest absolute Gasteiger partial charge is 0.494 e. The van der Waals surface area contributed by atoms with Crippen LogP contribution in [-0.4, -0.2) is 49.5 Å². The molecule has 0 aromatic heterocycles. The molecule has 1 saturated heterocycles. The lowest BCUT2D eigenvalue weighted by atomic mass is 9.83. The van der Waals surface area contributed by atoms with Crippen molar-refractivity contribution >= 4 is 12.4 Å². The van der Waals surface area contributed by atoms with Crippen molar-refractivity contribution in [3.05, 3.63) is 65.7 Å². The van der Waals surface area contributed by atoms with Crippen molar-refractivity contribution in [1.82, 2.24) is 4.90 Å². The summed E-state index contributed by atoms with van der Waals surface area (Å²) in [5.74, 6) is 0.857. The van der Waals surface area contributed by atoms with E-state index in [1.807, 2.05) is 54.6 Å². The lowest BCUT2D eigenvalue weighted by Crippen LogP contribution is -2.40. The fourth-order valence-corrected chi connectivity index (χ4v) is 3.48. The average molecular weight is 406 g/mol. The molecule has 0 saturated carbocycles. The third-order valence-corrected chi connectivity index (χ3v) is 5.24. The van der Waals surface area contributed by atoms with Gasteiger partial charge < -0.3 is 14.6 Å². The minimum Gasteiger partial charge on any atom is -0.494 e. The Morgan fingerprint density at radius 3 is 2.29 bits per heavy atom. The number of hydrogen-bond acceptors (Lipinski definition) is 4. The van der Waals surface area contributed by atoms with E-state index in [0.717, 1.165) is 69.2 Å². The summed E-state index contributed by atoms with van der Waals surface area (Å²) >= 11 is 0. The molecule has 1 unspecified atom stereocenters. The summed E-state index contributed by atoms with van der Waals surface area (Å²) in [4.78, 5) is 2.36. The molecule has 5 heteroatoms. The molecule has 2 aromatic rings. The molecule has 1 aliphatic rings. The first-order chi connectivity index (χ1) is 13.2. The van der Waals surface area contributed by atoms with Gasteiger partial charge in [0.25, 0.3) is 0 Å². The molecule has 0 aliphatic carbocycles. The molecule has 0 radical (unpaired) electrons. The monoisotopic (exact) mass is 405 g/mol. The first-order valence-electron chi connectivity index (χ1n) is 10.0. The Kier molecular flexibility index (Phi) is 9.26. The van der Waals surface area contributed by atoms with E-state index in [2.05, 4.69) is 11.8 Å². The zero-order valence-corrected chi connectivity index (χ0v) is 17.5. The highest BCUT2D eigenvalue weighted by Gasteiger charge is 2.32. The van der Waals surface area contributed by atoms with E-state index in [-0.39, 0.29) is 12.4 Å². The van der Waals surface area contributed by atoms with Crippen molar-refractivity contribution in [3.63, 3.8) is 0 Å². The van der Waals surface area contributed by atoms with Gasteiger partial charge in [0.2, 0.25) is 0 Å². The first kappa shape index (κ1) is 22.7. The van der Waals surface area contributed by atoms with Gasteiger partial charge >= 0.3 is 0 Å². The highest BCUT2D eigenvalue weighted by molar-refractivity contribution is 5.85. The molecule has 28 heavy (non-hydrogen) atoms. The van der Waals surface area contributed by atoms with Gasteiger partial charge in [-0.05, 0) is 36.1 Å². The lowest BCUT2D eigenvalue weighted by Gasteiger charge is -2.34. The predicted octanol–water partition coefficient (Wildman–Crippen LogP) is 4.25. The average Bonchev–Trinajstić information content (AvgIpc) is 2.74. The van der Waals surface area contributed by atoms with Crippen LogP contribution in [0.15, 0.2) is 54.6 Å². The van der Waals surface area contributed by atoms with Gasteiger partial charge in [0.15, 0.2) is 0 Å². The molecule has 0 spiro atoms. The first-order valence-corrected chi connectivity index (χ1v) is 10.0. The van der Waals surface area contributed by atoms with Gasteiger partial charge in [0.05, 0.1) is 19.8 Å². The molecule has 2 aromatic carbocycles. The Balaban J connectivity index is 0.00000280. The standard InChI is InChI=1S/C23H31NO3.ClH/c1-2-3-17-27-22-11-9-21(10-12-22)23(25,20-7-5-4-6-8-20)13-14-24-15-18-26-19-16-24;/h4-12,25H,2-3,13-19H2,1H3;1H. The Hall–Kier alpha value is -1.59. The SMILES string of the molecule is CCCCOc1ccc(C(O)(CCN2CCOCC2)c2ccccc2)cc1.Cl. The second-order valence-corrected chi connectivity index (χ2v) is 7.16. The van der Waals surface area contributed by atoms with Crippen molar-refractivity contribution in [1.29, 1.82) is 0 Å². The van der Waals surface area contributed by atoms with Gasteiger partial charge in [0, 0.05) is 19.6 Å². The van der Waals surface area contributed by atoms with E-state index < -0.39 is 5.60 Å². The maximum atomic E-state index is 11.7. The van der Waals surface area contributed by atoms with Crippen LogP contribution in [0.3, 0.4) is 0 Å². The molecule has 1 fully saturated rings.